The number of aryl methyl sites for hydroxylation is 2. The molecular weight excluding hydrogens is 464 g/mol. The second-order valence-corrected chi connectivity index (χ2v) is 10.4. The lowest BCUT2D eigenvalue weighted by atomic mass is 10.0. The molecule has 0 bridgehead atoms. The number of anilines is 2. The Labute approximate surface area is 217 Å². The van der Waals surface area contributed by atoms with E-state index in [2.05, 4.69) is 70.5 Å². The first-order chi connectivity index (χ1) is 17.8. The quantitative estimate of drug-likeness (QED) is 0.388. The minimum absolute atomic E-state index is 0.0708. The lowest BCUT2D eigenvalue weighted by molar-refractivity contribution is 0.0269. The number of carbonyl (C=O) groups excluding carboxylic acids is 1. The summed E-state index contributed by atoms with van der Waals surface area (Å²) in [7, 11) is 0. The summed E-state index contributed by atoms with van der Waals surface area (Å²) in [5.41, 5.74) is 6.10. The van der Waals surface area contributed by atoms with Crippen LogP contribution in [0.15, 0.2) is 61.1 Å². The standard InChI is InChI=1S/C29H34N6O2/c1-20-5-7-22(8-6-20)25-18-31-27-26(30-11-12-35(25)27)32-23-9-10-24(21(2)17-23)28(36)33-29(3,4)19-34-13-15-37-16-14-34/h5-12,17-18H,13-16,19H2,1-4H3,(H,30,32)(H,33,36). The van der Waals surface area contributed by atoms with Gasteiger partial charge in [0.15, 0.2) is 11.5 Å². The number of nitrogens with zero attached hydrogens (tertiary/aromatic N) is 4. The highest BCUT2D eigenvalue weighted by Crippen LogP contribution is 2.26. The molecule has 2 N–H and O–H groups in total. The Balaban J connectivity index is 1.31. The summed E-state index contributed by atoms with van der Waals surface area (Å²) in [5, 5.41) is 6.59. The van der Waals surface area contributed by atoms with Crippen LogP contribution in [0.4, 0.5) is 11.5 Å². The highest BCUT2D eigenvalue weighted by Gasteiger charge is 2.26. The van der Waals surface area contributed by atoms with Gasteiger partial charge < -0.3 is 15.4 Å². The monoisotopic (exact) mass is 498 g/mol. The van der Waals surface area contributed by atoms with E-state index in [1.165, 1.54) is 5.56 Å². The number of aromatic nitrogens is 3. The van der Waals surface area contributed by atoms with E-state index in [1.807, 2.05) is 41.9 Å². The Kier molecular flexibility index (Phi) is 6.95. The van der Waals surface area contributed by atoms with Crippen molar-refractivity contribution in [2.75, 3.05) is 38.2 Å². The third kappa shape index (κ3) is 5.65. The molecule has 37 heavy (non-hydrogen) atoms. The number of benzene rings is 2. The fourth-order valence-electron chi connectivity index (χ4n) is 4.81. The molecule has 5 rings (SSSR count). The molecule has 2 aromatic heterocycles. The Morgan fingerprint density at radius 2 is 1.81 bits per heavy atom. The van der Waals surface area contributed by atoms with Crippen molar-refractivity contribution in [3.8, 4) is 11.3 Å². The molecule has 2 aromatic carbocycles. The smallest absolute Gasteiger partial charge is 0.252 e. The normalized spacial score (nSPS) is 14.6. The molecule has 0 radical (unpaired) electrons. The summed E-state index contributed by atoms with van der Waals surface area (Å²) >= 11 is 0. The Bertz CT molecular complexity index is 1400. The molecule has 0 unspecified atom stereocenters. The van der Waals surface area contributed by atoms with Crippen LogP contribution in [0.1, 0.15) is 35.3 Å². The molecule has 1 aliphatic rings. The second-order valence-electron chi connectivity index (χ2n) is 10.4. The van der Waals surface area contributed by atoms with Crippen LogP contribution < -0.4 is 10.6 Å². The van der Waals surface area contributed by atoms with Crippen molar-refractivity contribution in [1.82, 2.24) is 24.6 Å². The van der Waals surface area contributed by atoms with Crippen LogP contribution in [0.5, 0.6) is 0 Å². The maximum absolute atomic E-state index is 13.1. The minimum atomic E-state index is -0.354. The zero-order chi connectivity index (χ0) is 26.0. The van der Waals surface area contributed by atoms with E-state index in [4.69, 9.17) is 4.74 Å². The van der Waals surface area contributed by atoms with E-state index >= 15 is 0 Å². The Morgan fingerprint density at radius 1 is 1.05 bits per heavy atom. The van der Waals surface area contributed by atoms with Gasteiger partial charge in [-0.1, -0.05) is 29.8 Å². The van der Waals surface area contributed by atoms with Crippen LogP contribution in [-0.2, 0) is 4.74 Å². The first-order valence-corrected chi connectivity index (χ1v) is 12.7. The van der Waals surface area contributed by atoms with Crippen LogP contribution in [0.2, 0.25) is 0 Å². The van der Waals surface area contributed by atoms with Gasteiger partial charge in [-0.2, -0.15) is 0 Å². The number of hydrogen-bond acceptors (Lipinski definition) is 6. The van der Waals surface area contributed by atoms with Crippen LogP contribution in [-0.4, -0.2) is 63.6 Å². The van der Waals surface area contributed by atoms with Crippen molar-refractivity contribution >= 4 is 23.1 Å². The zero-order valence-corrected chi connectivity index (χ0v) is 21.9. The van der Waals surface area contributed by atoms with Gasteiger partial charge in [-0.05, 0) is 51.5 Å². The van der Waals surface area contributed by atoms with E-state index in [9.17, 15) is 4.79 Å². The van der Waals surface area contributed by atoms with E-state index in [0.717, 1.165) is 61.0 Å². The summed E-state index contributed by atoms with van der Waals surface area (Å²) in [5.74, 6) is 0.586. The van der Waals surface area contributed by atoms with Gasteiger partial charge in [0, 0.05) is 54.4 Å². The van der Waals surface area contributed by atoms with E-state index in [-0.39, 0.29) is 11.4 Å². The number of ether oxygens (including phenoxy) is 1. The van der Waals surface area contributed by atoms with Crippen molar-refractivity contribution in [1.29, 1.82) is 0 Å². The number of fused-ring (bicyclic) bond motifs is 1. The van der Waals surface area contributed by atoms with Gasteiger partial charge in [-0.3, -0.25) is 14.1 Å². The number of morpholine rings is 1. The second kappa shape index (κ2) is 10.3. The molecule has 8 heteroatoms. The molecule has 8 nitrogen and oxygen atoms in total. The first-order valence-electron chi connectivity index (χ1n) is 12.7. The number of hydrogen-bond donors (Lipinski definition) is 2. The summed E-state index contributed by atoms with van der Waals surface area (Å²) in [4.78, 5) is 24.6. The molecule has 0 saturated carbocycles. The van der Waals surface area contributed by atoms with Crippen LogP contribution in [0.25, 0.3) is 16.9 Å². The fraction of sp³-hybridized carbons (Fsp3) is 0.345. The molecule has 192 valence electrons. The number of rotatable bonds is 7. The predicted molar refractivity (Wildman–Crippen MR) is 146 cm³/mol. The molecule has 1 fully saturated rings. The number of amides is 1. The lowest BCUT2D eigenvalue weighted by Crippen LogP contribution is -2.53. The molecular formula is C29H34N6O2. The Hall–Kier alpha value is -3.75. The average molecular weight is 499 g/mol. The molecule has 4 aromatic rings. The average Bonchev–Trinajstić information content (AvgIpc) is 3.30. The molecule has 0 atom stereocenters. The van der Waals surface area contributed by atoms with Crippen LogP contribution >= 0.6 is 0 Å². The topological polar surface area (TPSA) is 83.8 Å². The van der Waals surface area contributed by atoms with Crippen molar-refractivity contribution in [2.24, 2.45) is 0 Å². The number of imidazole rings is 1. The lowest BCUT2D eigenvalue weighted by Gasteiger charge is -2.35. The van der Waals surface area contributed by atoms with Gasteiger partial charge in [-0.15, -0.1) is 0 Å². The molecule has 3 heterocycles. The van der Waals surface area contributed by atoms with Gasteiger partial charge in [-0.25, -0.2) is 9.97 Å². The van der Waals surface area contributed by atoms with E-state index < -0.39 is 0 Å². The molecule has 0 spiro atoms. The number of carbonyl (C=O) groups is 1. The summed E-state index contributed by atoms with van der Waals surface area (Å²) in [6, 6.07) is 14.1. The SMILES string of the molecule is Cc1ccc(-c2cnc3c(Nc4ccc(C(=O)NC(C)(C)CN5CCOCC5)c(C)c4)nccn23)cc1. The van der Waals surface area contributed by atoms with Gasteiger partial charge >= 0.3 is 0 Å². The van der Waals surface area contributed by atoms with E-state index in [0.29, 0.717) is 11.4 Å². The van der Waals surface area contributed by atoms with Crippen molar-refractivity contribution in [3.05, 3.63) is 77.7 Å². The zero-order valence-electron chi connectivity index (χ0n) is 21.9. The van der Waals surface area contributed by atoms with Crippen molar-refractivity contribution in [2.45, 2.75) is 33.2 Å². The Morgan fingerprint density at radius 3 is 2.54 bits per heavy atom. The van der Waals surface area contributed by atoms with Gasteiger partial charge in [0.25, 0.3) is 5.91 Å². The van der Waals surface area contributed by atoms with Crippen LogP contribution in [0.3, 0.4) is 0 Å². The highest BCUT2D eigenvalue weighted by molar-refractivity contribution is 5.96. The molecule has 1 amide bonds. The van der Waals surface area contributed by atoms with Crippen LogP contribution in [0, 0.1) is 13.8 Å². The highest BCUT2D eigenvalue weighted by atomic mass is 16.5. The molecule has 1 aliphatic heterocycles. The third-order valence-corrected chi connectivity index (χ3v) is 6.68. The minimum Gasteiger partial charge on any atom is -0.379 e. The van der Waals surface area contributed by atoms with Gasteiger partial charge in [0.2, 0.25) is 0 Å². The third-order valence-electron chi connectivity index (χ3n) is 6.68. The summed E-state index contributed by atoms with van der Waals surface area (Å²) in [6.45, 7) is 12.2. The number of nitrogens with one attached hydrogen (secondary N) is 2. The van der Waals surface area contributed by atoms with E-state index in [1.54, 1.807) is 6.20 Å². The van der Waals surface area contributed by atoms with Crippen molar-refractivity contribution in [3.63, 3.8) is 0 Å². The largest absolute Gasteiger partial charge is 0.379 e. The van der Waals surface area contributed by atoms with Crippen molar-refractivity contribution < 1.29 is 9.53 Å². The molecule has 1 saturated heterocycles. The first kappa shape index (κ1) is 24.9. The maximum Gasteiger partial charge on any atom is 0.252 e. The predicted octanol–water partition coefficient (Wildman–Crippen LogP) is 4.60. The molecule has 0 aliphatic carbocycles. The fourth-order valence-corrected chi connectivity index (χ4v) is 4.81. The summed E-state index contributed by atoms with van der Waals surface area (Å²) < 4.78 is 7.47. The summed E-state index contributed by atoms with van der Waals surface area (Å²) in [6.07, 6.45) is 5.55. The van der Waals surface area contributed by atoms with Gasteiger partial charge in [0.05, 0.1) is 25.1 Å². The van der Waals surface area contributed by atoms with Gasteiger partial charge in [0.1, 0.15) is 0 Å². The maximum atomic E-state index is 13.1.